The van der Waals surface area contributed by atoms with Gasteiger partial charge in [-0.15, -0.1) is 0 Å². The lowest BCUT2D eigenvalue weighted by molar-refractivity contribution is 0.291. The van der Waals surface area contributed by atoms with Crippen LogP contribution in [-0.2, 0) is 0 Å². The van der Waals surface area contributed by atoms with Crippen LogP contribution in [0.1, 0.15) is 12.8 Å². The Morgan fingerprint density at radius 2 is 2.33 bits per heavy atom. The molecule has 0 fully saturated rings. The summed E-state index contributed by atoms with van der Waals surface area (Å²) >= 11 is 0. The maximum absolute atomic E-state index is 8.09. The molecule has 0 aliphatic rings. The molecule has 6 heavy (non-hydrogen) atoms. The lowest BCUT2D eigenvalue weighted by atomic mass is 10.3. The van der Waals surface area contributed by atoms with Crippen molar-refractivity contribution in [1.82, 2.24) is 0 Å². The van der Waals surface area contributed by atoms with Crippen molar-refractivity contribution >= 4 is 6.21 Å². The molecule has 2 heteroatoms. The highest BCUT2D eigenvalue weighted by Crippen LogP contribution is 1.77. The summed E-state index contributed by atoms with van der Waals surface area (Å²) in [6, 6.07) is 0. The van der Waals surface area contributed by atoms with Crippen LogP contribution in [0.4, 0.5) is 0 Å². The van der Waals surface area contributed by atoms with Crippen LogP contribution >= 0.6 is 0 Å². The summed E-state index contributed by atoms with van der Waals surface area (Å²) in [5, 5.41) is 14.6. The van der Waals surface area contributed by atoms with Gasteiger partial charge in [0.2, 0.25) is 0 Å². The van der Waals surface area contributed by atoms with Crippen molar-refractivity contribution in [2.45, 2.75) is 12.8 Å². The van der Waals surface area contributed by atoms with E-state index in [4.69, 9.17) is 10.5 Å². The normalized spacial score (nSPS) is 8.17. The predicted octanol–water partition coefficient (Wildman–Crippen LogP) is 0.408. The zero-order valence-electron chi connectivity index (χ0n) is 3.65. The first-order chi connectivity index (χ1) is 2.91. The Bertz CT molecular complexity index is 36.5. The van der Waals surface area contributed by atoms with Gasteiger partial charge in [0, 0.05) is 6.61 Å². The Balaban J connectivity index is 2.49. The second-order valence-corrected chi connectivity index (χ2v) is 1.07. The van der Waals surface area contributed by atoms with Gasteiger partial charge in [0.15, 0.2) is 0 Å². The molecule has 0 aromatic carbocycles. The summed E-state index contributed by atoms with van der Waals surface area (Å²) in [6.45, 7) is 0.204. The zero-order chi connectivity index (χ0) is 4.83. The van der Waals surface area contributed by atoms with Crippen molar-refractivity contribution in [2.24, 2.45) is 0 Å². The maximum Gasteiger partial charge on any atom is 0.0434 e. The van der Waals surface area contributed by atoms with E-state index in [1.54, 1.807) is 0 Å². The summed E-state index contributed by atoms with van der Waals surface area (Å²) in [4.78, 5) is 0. The number of rotatable bonds is 3. The van der Waals surface area contributed by atoms with Crippen LogP contribution in [0.5, 0.6) is 0 Å². The second kappa shape index (κ2) is 4.63. The largest absolute Gasteiger partial charge is 0.396 e. The summed E-state index contributed by atoms with van der Waals surface area (Å²) in [7, 11) is 0. The SMILES string of the molecule is N=CCCCO. The molecule has 0 saturated carbocycles. The minimum Gasteiger partial charge on any atom is -0.396 e. The molecule has 0 amide bonds. The molecule has 0 aromatic rings. The Labute approximate surface area is 37.3 Å². The van der Waals surface area contributed by atoms with Gasteiger partial charge in [-0.05, 0) is 19.1 Å². The number of hydrogen-bond donors (Lipinski definition) is 2. The van der Waals surface area contributed by atoms with Crippen LogP contribution in [0.25, 0.3) is 0 Å². The van der Waals surface area contributed by atoms with Crippen molar-refractivity contribution in [3.63, 3.8) is 0 Å². The fourth-order valence-corrected chi connectivity index (χ4v) is 0.193. The third-order valence-electron chi connectivity index (χ3n) is 0.507. The zero-order valence-corrected chi connectivity index (χ0v) is 3.65. The van der Waals surface area contributed by atoms with Crippen molar-refractivity contribution in [1.29, 1.82) is 5.41 Å². The first-order valence-corrected chi connectivity index (χ1v) is 2.01. The molecule has 0 atom stereocenters. The van der Waals surface area contributed by atoms with Gasteiger partial charge in [0.25, 0.3) is 0 Å². The smallest absolute Gasteiger partial charge is 0.0434 e. The topological polar surface area (TPSA) is 44.1 Å². The molecule has 0 unspecified atom stereocenters. The molecule has 0 spiro atoms. The van der Waals surface area contributed by atoms with Crippen molar-refractivity contribution in [3.05, 3.63) is 0 Å². The molecule has 0 rings (SSSR count). The van der Waals surface area contributed by atoms with Gasteiger partial charge in [0.05, 0.1) is 0 Å². The average molecular weight is 87.1 g/mol. The Morgan fingerprint density at radius 1 is 1.67 bits per heavy atom. The third-order valence-corrected chi connectivity index (χ3v) is 0.507. The first-order valence-electron chi connectivity index (χ1n) is 2.01. The molecule has 0 saturated heterocycles. The summed E-state index contributed by atoms with van der Waals surface area (Å²) in [5.74, 6) is 0. The number of aliphatic hydroxyl groups is 1. The summed E-state index contributed by atoms with van der Waals surface area (Å²) in [5.41, 5.74) is 0. The van der Waals surface area contributed by atoms with Crippen LogP contribution in [0.3, 0.4) is 0 Å². The van der Waals surface area contributed by atoms with Gasteiger partial charge in [-0.2, -0.15) is 0 Å². The molecule has 0 bridgehead atoms. The van der Waals surface area contributed by atoms with E-state index in [1.807, 2.05) is 0 Å². The second-order valence-electron chi connectivity index (χ2n) is 1.07. The quantitative estimate of drug-likeness (QED) is 0.380. The summed E-state index contributed by atoms with van der Waals surface area (Å²) in [6.07, 6.45) is 2.73. The molecule has 2 nitrogen and oxygen atoms in total. The van der Waals surface area contributed by atoms with E-state index in [-0.39, 0.29) is 6.61 Å². The molecule has 0 aromatic heterocycles. The highest BCUT2D eigenvalue weighted by molar-refractivity contribution is 5.52. The molecule has 2 N–H and O–H groups in total. The molecule has 0 aliphatic heterocycles. The third kappa shape index (κ3) is 3.63. The van der Waals surface area contributed by atoms with Crippen LogP contribution < -0.4 is 0 Å². The minimum atomic E-state index is 0.204. The van der Waals surface area contributed by atoms with E-state index in [1.165, 1.54) is 6.21 Å². The number of aliphatic hydroxyl groups excluding tert-OH is 1. The summed E-state index contributed by atoms with van der Waals surface area (Å²) < 4.78 is 0. The highest BCUT2D eigenvalue weighted by atomic mass is 16.2. The van der Waals surface area contributed by atoms with Crippen LogP contribution in [0.15, 0.2) is 0 Å². The standard InChI is InChI=1S/C4H9NO/c5-3-1-2-4-6/h3,5-6H,1-2,4H2. The maximum atomic E-state index is 8.09. The Hall–Kier alpha value is -0.370. The molecule has 0 radical (unpaired) electrons. The van der Waals surface area contributed by atoms with Crippen LogP contribution in [0.2, 0.25) is 0 Å². The van der Waals surface area contributed by atoms with Crippen molar-refractivity contribution in [3.8, 4) is 0 Å². The lowest BCUT2D eigenvalue weighted by Crippen LogP contribution is -1.80. The molecule has 36 valence electrons. The van der Waals surface area contributed by atoms with Crippen LogP contribution in [-0.4, -0.2) is 17.9 Å². The van der Waals surface area contributed by atoms with Crippen molar-refractivity contribution in [2.75, 3.05) is 6.61 Å². The van der Waals surface area contributed by atoms with Crippen LogP contribution in [0, 0.1) is 5.41 Å². The van der Waals surface area contributed by atoms with Gasteiger partial charge in [-0.25, -0.2) is 0 Å². The van der Waals surface area contributed by atoms with Gasteiger partial charge in [-0.3, -0.25) is 0 Å². The van der Waals surface area contributed by atoms with E-state index in [0.29, 0.717) is 6.42 Å². The predicted molar refractivity (Wildman–Crippen MR) is 25.1 cm³/mol. The number of hydrogen-bond acceptors (Lipinski definition) is 2. The van der Waals surface area contributed by atoms with Gasteiger partial charge in [0.1, 0.15) is 0 Å². The van der Waals surface area contributed by atoms with Gasteiger partial charge < -0.3 is 10.5 Å². The van der Waals surface area contributed by atoms with E-state index < -0.39 is 0 Å². The first kappa shape index (κ1) is 5.63. The van der Waals surface area contributed by atoms with Crippen molar-refractivity contribution < 1.29 is 5.11 Å². The molecule has 0 heterocycles. The molecular weight excluding hydrogens is 78.0 g/mol. The number of unbranched alkanes of at least 4 members (excludes halogenated alkanes) is 1. The Morgan fingerprint density at radius 3 is 2.50 bits per heavy atom. The number of nitrogens with one attached hydrogen (secondary N) is 1. The van der Waals surface area contributed by atoms with Gasteiger partial charge in [-0.1, -0.05) is 0 Å². The molecular formula is C4H9NO. The van der Waals surface area contributed by atoms with Gasteiger partial charge >= 0.3 is 0 Å². The highest BCUT2D eigenvalue weighted by Gasteiger charge is 1.73. The van der Waals surface area contributed by atoms with E-state index in [2.05, 4.69) is 0 Å². The average Bonchev–Trinajstić information content (AvgIpc) is 1.61. The minimum absolute atomic E-state index is 0.204. The lowest BCUT2D eigenvalue weighted by Gasteiger charge is -1.80. The van der Waals surface area contributed by atoms with E-state index in [9.17, 15) is 0 Å². The van der Waals surface area contributed by atoms with E-state index >= 15 is 0 Å². The fraction of sp³-hybridized carbons (Fsp3) is 0.750. The monoisotopic (exact) mass is 87.1 g/mol. The molecule has 0 aliphatic carbocycles. The van der Waals surface area contributed by atoms with E-state index in [0.717, 1.165) is 6.42 Å². The fourth-order valence-electron chi connectivity index (χ4n) is 0.193. The Kier molecular flexibility index (Phi) is 4.34.